The van der Waals surface area contributed by atoms with Crippen LogP contribution in [0.5, 0.6) is 0 Å². The lowest BCUT2D eigenvalue weighted by molar-refractivity contribution is 0.102. The number of nitrogens with one attached hydrogen (secondary N) is 2. The number of sulfonamides is 1. The van der Waals surface area contributed by atoms with Gasteiger partial charge in [0.25, 0.3) is 5.91 Å². The van der Waals surface area contributed by atoms with E-state index < -0.39 is 21.7 Å². The molecule has 0 radical (unpaired) electrons. The van der Waals surface area contributed by atoms with Crippen molar-refractivity contribution < 1.29 is 17.6 Å². The van der Waals surface area contributed by atoms with Gasteiger partial charge in [-0.05, 0) is 48.9 Å². The van der Waals surface area contributed by atoms with Gasteiger partial charge in [-0.25, -0.2) is 17.5 Å². The molecule has 0 bridgehead atoms. The number of halogens is 1. The molecule has 0 spiro atoms. The van der Waals surface area contributed by atoms with Crippen LogP contribution in [0.3, 0.4) is 0 Å². The van der Waals surface area contributed by atoms with E-state index >= 15 is 0 Å². The summed E-state index contributed by atoms with van der Waals surface area (Å²) in [7, 11) is -3.74. The van der Waals surface area contributed by atoms with Crippen molar-refractivity contribution in [2.75, 3.05) is 11.9 Å². The summed E-state index contributed by atoms with van der Waals surface area (Å²) in [5, 5.41) is 10.9. The molecule has 0 aliphatic heterocycles. The number of aryl methyl sites for hydroxylation is 1. The standard InChI is InChI=1S/C17H16FN3O3S/c1-12-3-8-15(18)16(11-12)21-17(22)13-4-6-14(7-5-13)25(23,24)20-10-2-9-19/h3-8,11,20H,2,10H2,1H3,(H,21,22). The number of amides is 1. The van der Waals surface area contributed by atoms with Crippen LogP contribution < -0.4 is 10.0 Å². The number of nitriles is 1. The molecule has 0 fully saturated rings. The van der Waals surface area contributed by atoms with Crippen LogP contribution in [0.4, 0.5) is 10.1 Å². The third-order valence-corrected chi connectivity index (χ3v) is 4.80. The maximum Gasteiger partial charge on any atom is 0.255 e. The van der Waals surface area contributed by atoms with E-state index in [1.807, 2.05) is 6.07 Å². The number of carbonyl (C=O) groups is 1. The molecule has 1 amide bonds. The Kier molecular flexibility index (Phi) is 5.85. The van der Waals surface area contributed by atoms with E-state index in [0.29, 0.717) is 0 Å². The summed E-state index contributed by atoms with van der Waals surface area (Å²) >= 11 is 0. The number of anilines is 1. The van der Waals surface area contributed by atoms with Crippen molar-refractivity contribution in [3.8, 4) is 6.07 Å². The number of carbonyl (C=O) groups excluding carboxylic acids is 1. The molecule has 0 heterocycles. The van der Waals surface area contributed by atoms with E-state index in [4.69, 9.17) is 5.26 Å². The Balaban J connectivity index is 2.12. The molecule has 2 N–H and O–H groups in total. The van der Waals surface area contributed by atoms with Crippen LogP contribution in [0.25, 0.3) is 0 Å². The van der Waals surface area contributed by atoms with Gasteiger partial charge in [0.1, 0.15) is 5.82 Å². The van der Waals surface area contributed by atoms with Crippen molar-refractivity contribution in [3.63, 3.8) is 0 Å². The fraction of sp³-hybridized carbons (Fsp3) is 0.176. The predicted molar refractivity (Wildman–Crippen MR) is 91.0 cm³/mol. The molecule has 0 unspecified atom stereocenters. The Morgan fingerprint density at radius 3 is 2.52 bits per heavy atom. The first-order valence-corrected chi connectivity index (χ1v) is 8.86. The maximum absolute atomic E-state index is 13.7. The van der Waals surface area contributed by atoms with Crippen LogP contribution in [-0.4, -0.2) is 20.9 Å². The van der Waals surface area contributed by atoms with Crippen LogP contribution in [0.15, 0.2) is 47.4 Å². The highest BCUT2D eigenvalue weighted by molar-refractivity contribution is 7.89. The Bertz CT molecular complexity index is 919. The summed E-state index contributed by atoms with van der Waals surface area (Å²) in [4.78, 5) is 12.1. The van der Waals surface area contributed by atoms with Gasteiger partial charge in [-0.2, -0.15) is 5.26 Å². The smallest absolute Gasteiger partial charge is 0.255 e. The molecular formula is C17H16FN3O3S. The normalized spacial score (nSPS) is 10.9. The first-order chi connectivity index (χ1) is 11.8. The Hall–Kier alpha value is -2.76. The zero-order valence-electron chi connectivity index (χ0n) is 13.4. The summed E-state index contributed by atoms with van der Waals surface area (Å²) in [6.45, 7) is 1.78. The van der Waals surface area contributed by atoms with E-state index in [1.54, 1.807) is 13.0 Å². The molecular weight excluding hydrogens is 345 g/mol. The molecule has 6 nitrogen and oxygen atoms in total. The Morgan fingerprint density at radius 2 is 1.88 bits per heavy atom. The summed E-state index contributed by atoms with van der Waals surface area (Å²) in [6.07, 6.45) is 0.0573. The van der Waals surface area contributed by atoms with Gasteiger partial charge in [-0.15, -0.1) is 0 Å². The van der Waals surface area contributed by atoms with Gasteiger partial charge in [0, 0.05) is 18.5 Å². The second-order valence-corrected chi connectivity index (χ2v) is 7.03. The van der Waals surface area contributed by atoms with Gasteiger partial charge in [-0.3, -0.25) is 4.79 Å². The molecule has 2 rings (SSSR count). The zero-order valence-corrected chi connectivity index (χ0v) is 14.2. The van der Waals surface area contributed by atoms with Crippen LogP contribution in [0.2, 0.25) is 0 Å². The fourth-order valence-corrected chi connectivity index (χ4v) is 3.07. The van der Waals surface area contributed by atoms with Crippen molar-refractivity contribution in [1.29, 1.82) is 5.26 Å². The van der Waals surface area contributed by atoms with Gasteiger partial charge < -0.3 is 5.32 Å². The van der Waals surface area contributed by atoms with E-state index in [-0.39, 0.29) is 29.1 Å². The molecule has 0 aliphatic rings. The number of rotatable bonds is 6. The van der Waals surface area contributed by atoms with E-state index in [9.17, 15) is 17.6 Å². The lowest BCUT2D eigenvalue weighted by atomic mass is 10.2. The van der Waals surface area contributed by atoms with Crippen molar-refractivity contribution in [3.05, 3.63) is 59.4 Å². The molecule has 0 saturated heterocycles. The molecule has 0 saturated carbocycles. The monoisotopic (exact) mass is 361 g/mol. The maximum atomic E-state index is 13.7. The minimum absolute atomic E-state index is 0.00764. The topological polar surface area (TPSA) is 99.1 Å². The SMILES string of the molecule is Cc1ccc(F)c(NC(=O)c2ccc(S(=O)(=O)NCCC#N)cc2)c1. The Labute approximate surface area is 145 Å². The predicted octanol–water partition coefficient (Wildman–Crippen LogP) is 2.58. The number of hydrogen-bond acceptors (Lipinski definition) is 4. The van der Waals surface area contributed by atoms with Crippen molar-refractivity contribution in [2.24, 2.45) is 0 Å². The molecule has 8 heteroatoms. The Morgan fingerprint density at radius 1 is 1.20 bits per heavy atom. The minimum atomic E-state index is -3.74. The summed E-state index contributed by atoms with van der Waals surface area (Å²) in [5.74, 6) is -1.11. The highest BCUT2D eigenvalue weighted by Crippen LogP contribution is 2.17. The van der Waals surface area contributed by atoms with E-state index in [2.05, 4.69) is 10.0 Å². The van der Waals surface area contributed by atoms with Gasteiger partial charge in [-0.1, -0.05) is 6.07 Å². The first-order valence-electron chi connectivity index (χ1n) is 7.37. The summed E-state index contributed by atoms with van der Waals surface area (Å²) in [6, 6.07) is 11.4. The first kappa shape index (κ1) is 18.6. The molecule has 2 aromatic rings. The highest BCUT2D eigenvalue weighted by Gasteiger charge is 2.15. The van der Waals surface area contributed by atoms with Gasteiger partial charge in [0.15, 0.2) is 0 Å². The molecule has 0 aromatic heterocycles. The van der Waals surface area contributed by atoms with Gasteiger partial charge in [0.2, 0.25) is 10.0 Å². The van der Waals surface area contributed by atoms with E-state index in [1.165, 1.54) is 36.4 Å². The van der Waals surface area contributed by atoms with Gasteiger partial charge in [0.05, 0.1) is 16.7 Å². The molecule has 0 atom stereocenters. The fourth-order valence-electron chi connectivity index (χ4n) is 2.04. The second-order valence-electron chi connectivity index (χ2n) is 5.27. The second kappa shape index (κ2) is 7.88. The zero-order chi connectivity index (χ0) is 18.4. The number of hydrogen-bond donors (Lipinski definition) is 2. The molecule has 2 aromatic carbocycles. The summed E-state index contributed by atoms with van der Waals surface area (Å²) in [5.41, 5.74) is 1.04. The third kappa shape index (κ3) is 4.86. The van der Waals surface area contributed by atoms with Crippen molar-refractivity contribution in [2.45, 2.75) is 18.2 Å². The molecule has 0 aliphatic carbocycles. The van der Waals surface area contributed by atoms with Crippen LogP contribution in [0.1, 0.15) is 22.3 Å². The molecule has 130 valence electrons. The lowest BCUT2D eigenvalue weighted by Crippen LogP contribution is -2.24. The van der Waals surface area contributed by atoms with Crippen molar-refractivity contribution in [1.82, 2.24) is 4.72 Å². The van der Waals surface area contributed by atoms with Crippen LogP contribution in [0, 0.1) is 24.1 Å². The lowest BCUT2D eigenvalue weighted by Gasteiger charge is -2.09. The van der Waals surface area contributed by atoms with Gasteiger partial charge >= 0.3 is 0 Å². The molecule has 25 heavy (non-hydrogen) atoms. The minimum Gasteiger partial charge on any atom is -0.319 e. The van der Waals surface area contributed by atoms with Crippen LogP contribution in [-0.2, 0) is 10.0 Å². The average Bonchev–Trinajstić information content (AvgIpc) is 2.58. The number of nitrogens with zero attached hydrogens (tertiary/aromatic N) is 1. The highest BCUT2D eigenvalue weighted by atomic mass is 32.2. The van der Waals surface area contributed by atoms with E-state index in [0.717, 1.165) is 5.56 Å². The van der Waals surface area contributed by atoms with Crippen molar-refractivity contribution >= 4 is 21.6 Å². The summed E-state index contributed by atoms with van der Waals surface area (Å²) < 4.78 is 39.9. The third-order valence-electron chi connectivity index (χ3n) is 3.33. The quantitative estimate of drug-likeness (QED) is 0.773. The van der Waals surface area contributed by atoms with Crippen LogP contribution >= 0.6 is 0 Å². The number of benzene rings is 2. The largest absolute Gasteiger partial charge is 0.319 e. The average molecular weight is 361 g/mol.